The molecule has 24 heavy (non-hydrogen) atoms. The molecule has 0 aromatic heterocycles. The summed E-state index contributed by atoms with van der Waals surface area (Å²) in [5.41, 5.74) is 2.60. The van der Waals surface area contributed by atoms with E-state index in [1.165, 1.54) is 6.42 Å². The van der Waals surface area contributed by atoms with E-state index in [0.717, 1.165) is 42.7 Å². The molecule has 0 radical (unpaired) electrons. The highest BCUT2D eigenvalue weighted by molar-refractivity contribution is 5.95. The number of nitrogens with one attached hydrogen (secondary N) is 2. The first-order valence-electron chi connectivity index (χ1n) is 8.91. The number of likely N-dealkylation sites (tertiary alicyclic amines) is 1. The van der Waals surface area contributed by atoms with Gasteiger partial charge in [-0.15, -0.1) is 0 Å². The topological polar surface area (TPSA) is 61.4 Å². The number of hydrogen-bond acceptors (Lipinski definition) is 3. The molecule has 1 aliphatic heterocycles. The Kier molecular flexibility index (Phi) is 6.64. The Morgan fingerprint density at radius 1 is 1.33 bits per heavy atom. The number of aryl methyl sites for hydroxylation is 1. The minimum atomic E-state index is -0.0151. The molecule has 5 heteroatoms. The zero-order valence-corrected chi connectivity index (χ0v) is 15.0. The summed E-state index contributed by atoms with van der Waals surface area (Å²) in [5.74, 6) is 0.668. The Morgan fingerprint density at radius 3 is 2.79 bits per heavy atom. The van der Waals surface area contributed by atoms with Crippen molar-refractivity contribution in [1.29, 1.82) is 0 Å². The number of amides is 2. The minimum Gasteiger partial charge on any atom is -0.376 e. The van der Waals surface area contributed by atoms with E-state index in [4.69, 9.17) is 0 Å². The fourth-order valence-electron chi connectivity index (χ4n) is 3.05. The maximum atomic E-state index is 12.6. The van der Waals surface area contributed by atoms with Crippen molar-refractivity contribution in [3.05, 3.63) is 29.3 Å². The summed E-state index contributed by atoms with van der Waals surface area (Å²) in [7, 11) is 0. The molecule has 0 spiro atoms. The molecular weight excluding hydrogens is 302 g/mol. The molecule has 1 aromatic rings. The Labute approximate surface area is 144 Å². The highest BCUT2D eigenvalue weighted by Gasteiger charge is 2.22. The largest absolute Gasteiger partial charge is 0.376 e. The third-order valence-corrected chi connectivity index (χ3v) is 4.43. The van der Waals surface area contributed by atoms with Crippen LogP contribution in [0.3, 0.4) is 0 Å². The monoisotopic (exact) mass is 331 g/mol. The van der Waals surface area contributed by atoms with Crippen LogP contribution in [0.15, 0.2) is 18.2 Å². The SMILES string of the molecule is CCCNC(=O)CNc1ccc(C(=O)N2CCC[C@@H](C)C2)cc1C. The van der Waals surface area contributed by atoms with Gasteiger partial charge in [-0.1, -0.05) is 13.8 Å². The van der Waals surface area contributed by atoms with Crippen molar-refractivity contribution in [2.75, 3.05) is 31.5 Å². The quantitative estimate of drug-likeness (QED) is 0.842. The van der Waals surface area contributed by atoms with Crippen LogP contribution >= 0.6 is 0 Å². The molecule has 0 aliphatic carbocycles. The molecule has 1 aromatic carbocycles. The highest BCUT2D eigenvalue weighted by Crippen LogP contribution is 2.21. The summed E-state index contributed by atoms with van der Waals surface area (Å²) >= 11 is 0. The van der Waals surface area contributed by atoms with Gasteiger partial charge in [-0.05, 0) is 55.9 Å². The summed E-state index contributed by atoms with van der Waals surface area (Å²) in [6.07, 6.45) is 3.21. The molecule has 1 saturated heterocycles. The summed E-state index contributed by atoms with van der Waals surface area (Å²) in [6, 6.07) is 5.65. The lowest BCUT2D eigenvalue weighted by atomic mass is 9.99. The molecule has 1 heterocycles. The van der Waals surface area contributed by atoms with Crippen LogP contribution in [0.5, 0.6) is 0 Å². The lowest BCUT2D eigenvalue weighted by molar-refractivity contribution is -0.119. The molecule has 2 N–H and O–H groups in total. The van der Waals surface area contributed by atoms with Gasteiger partial charge in [0.2, 0.25) is 5.91 Å². The van der Waals surface area contributed by atoms with Crippen LogP contribution < -0.4 is 10.6 Å². The molecule has 1 atom stereocenters. The average Bonchev–Trinajstić information content (AvgIpc) is 2.58. The Hall–Kier alpha value is -2.04. The van der Waals surface area contributed by atoms with Gasteiger partial charge in [0, 0.05) is 30.9 Å². The second kappa shape index (κ2) is 8.71. The molecule has 2 rings (SSSR count). The van der Waals surface area contributed by atoms with E-state index >= 15 is 0 Å². The van der Waals surface area contributed by atoms with Crippen LogP contribution in [0, 0.1) is 12.8 Å². The van der Waals surface area contributed by atoms with E-state index < -0.39 is 0 Å². The number of benzene rings is 1. The lowest BCUT2D eigenvalue weighted by Gasteiger charge is -2.31. The summed E-state index contributed by atoms with van der Waals surface area (Å²) in [5, 5.41) is 5.97. The molecule has 5 nitrogen and oxygen atoms in total. The molecule has 132 valence electrons. The first-order valence-corrected chi connectivity index (χ1v) is 8.91. The van der Waals surface area contributed by atoms with Crippen molar-refractivity contribution in [2.24, 2.45) is 5.92 Å². The number of hydrogen-bond donors (Lipinski definition) is 2. The number of carbonyl (C=O) groups excluding carboxylic acids is 2. The molecule has 1 fully saturated rings. The van der Waals surface area contributed by atoms with E-state index in [9.17, 15) is 9.59 Å². The number of anilines is 1. The normalized spacial score (nSPS) is 17.5. The highest BCUT2D eigenvalue weighted by atomic mass is 16.2. The van der Waals surface area contributed by atoms with Crippen LogP contribution in [-0.4, -0.2) is 42.9 Å². The lowest BCUT2D eigenvalue weighted by Crippen LogP contribution is -2.39. The van der Waals surface area contributed by atoms with E-state index in [2.05, 4.69) is 17.6 Å². The van der Waals surface area contributed by atoms with Crippen LogP contribution in [0.1, 0.15) is 49.0 Å². The third-order valence-electron chi connectivity index (χ3n) is 4.43. The molecule has 2 amide bonds. The Balaban J connectivity index is 1.96. The summed E-state index contributed by atoms with van der Waals surface area (Å²) < 4.78 is 0. The molecule has 0 saturated carbocycles. The van der Waals surface area contributed by atoms with Gasteiger partial charge in [0.05, 0.1) is 6.54 Å². The van der Waals surface area contributed by atoms with Gasteiger partial charge in [0.1, 0.15) is 0 Å². The fraction of sp³-hybridized carbons (Fsp3) is 0.579. The van der Waals surface area contributed by atoms with Crippen molar-refractivity contribution in [2.45, 2.75) is 40.0 Å². The Morgan fingerprint density at radius 2 is 2.12 bits per heavy atom. The van der Waals surface area contributed by atoms with Gasteiger partial charge in [-0.2, -0.15) is 0 Å². The molecule has 1 aliphatic rings. The molecule has 0 unspecified atom stereocenters. The predicted molar refractivity (Wildman–Crippen MR) is 97.3 cm³/mol. The van der Waals surface area contributed by atoms with E-state index in [1.807, 2.05) is 36.9 Å². The first kappa shape index (κ1) is 18.3. The van der Waals surface area contributed by atoms with Gasteiger partial charge in [-0.25, -0.2) is 0 Å². The van der Waals surface area contributed by atoms with Crippen molar-refractivity contribution >= 4 is 17.5 Å². The van der Waals surface area contributed by atoms with Crippen LogP contribution in [0.4, 0.5) is 5.69 Å². The zero-order valence-electron chi connectivity index (χ0n) is 15.0. The van der Waals surface area contributed by atoms with Gasteiger partial charge in [0.25, 0.3) is 5.91 Å². The van der Waals surface area contributed by atoms with Gasteiger partial charge in [0.15, 0.2) is 0 Å². The molecular formula is C19H29N3O2. The number of carbonyl (C=O) groups is 2. The first-order chi connectivity index (χ1) is 11.5. The smallest absolute Gasteiger partial charge is 0.253 e. The van der Waals surface area contributed by atoms with E-state index in [-0.39, 0.29) is 18.4 Å². The van der Waals surface area contributed by atoms with E-state index in [0.29, 0.717) is 12.5 Å². The molecule has 0 bridgehead atoms. The number of nitrogens with zero attached hydrogens (tertiary/aromatic N) is 1. The van der Waals surface area contributed by atoms with Gasteiger partial charge in [-0.3, -0.25) is 9.59 Å². The zero-order chi connectivity index (χ0) is 17.5. The van der Waals surface area contributed by atoms with Crippen molar-refractivity contribution in [3.63, 3.8) is 0 Å². The minimum absolute atomic E-state index is 0.0151. The third kappa shape index (κ3) is 4.98. The number of rotatable bonds is 6. The Bertz CT molecular complexity index is 586. The standard InChI is InChI=1S/C19H29N3O2/c1-4-9-20-18(23)12-21-17-8-7-16(11-15(17)3)19(24)22-10-5-6-14(2)13-22/h7-8,11,14,21H,4-6,9-10,12-13H2,1-3H3,(H,20,23)/t14-/m1/s1. The van der Waals surface area contributed by atoms with Crippen molar-refractivity contribution in [1.82, 2.24) is 10.2 Å². The van der Waals surface area contributed by atoms with Crippen molar-refractivity contribution in [3.8, 4) is 0 Å². The van der Waals surface area contributed by atoms with Crippen LogP contribution in [0.2, 0.25) is 0 Å². The van der Waals surface area contributed by atoms with E-state index in [1.54, 1.807) is 0 Å². The van der Waals surface area contributed by atoms with Crippen molar-refractivity contribution < 1.29 is 9.59 Å². The van der Waals surface area contributed by atoms with Gasteiger partial charge < -0.3 is 15.5 Å². The summed E-state index contributed by atoms with van der Waals surface area (Å²) in [6.45, 7) is 8.81. The number of piperidine rings is 1. The maximum absolute atomic E-state index is 12.6. The maximum Gasteiger partial charge on any atom is 0.253 e. The second-order valence-corrected chi connectivity index (χ2v) is 6.73. The van der Waals surface area contributed by atoms with Crippen LogP contribution in [0.25, 0.3) is 0 Å². The van der Waals surface area contributed by atoms with Crippen LogP contribution in [-0.2, 0) is 4.79 Å². The fourth-order valence-corrected chi connectivity index (χ4v) is 3.05. The second-order valence-electron chi connectivity index (χ2n) is 6.73. The average molecular weight is 331 g/mol. The van der Waals surface area contributed by atoms with Gasteiger partial charge >= 0.3 is 0 Å². The summed E-state index contributed by atoms with van der Waals surface area (Å²) in [4.78, 5) is 26.3. The predicted octanol–water partition coefficient (Wildman–Crippen LogP) is 2.81.